The van der Waals surface area contributed by atoms with Crippen molar-refractivity contribution >= 4 is 23.7 Å². The van der Waals surface area contributed by atoms with Crippen LogP contribution in [0.25, 0.3) is 0 Å². The van der Waals surface area contributed by atoms with Gasteiger partial charge in [-0.05, 0) is 32.9 Å². The largest absolute Gasteiger partial charge is 0.465 e. The van der Waals surface area contributed by atoms with E-state index in [4.69, 9.17) is 4.74 Å². The molecule has 1 aliphatic heterocycles. The molecule has 1 aromatic rings. The van der Waals surface area contributed by atoms with Crippen LogP contribution in [0.4, 0.5) is 23.7 Å². The zero-order valence-electron chi connectivity index (χ0n) is 16.9. The van der Waals surface area contributed by atoms with Gasteiger partial charge in [-0.3, -0.25) is 4.79 Å². The Kier molecular flexibility index (Phi) is 7.16. The Hall–Kier alpha value is -3.28. The van der Waals surface area contributed by atoms with Crippen LogP contribution in [0.3, 0.4) is 0 Å². The maximum absolute atomic E-state index is 14.1. The molecule has 2 unspecified atom stereocenters. The minimum absolute atomic E-state index is 0.0269. The van der Waals surface area contributed by atoms with Crippen LogP contribution in [0.2, 0.25) is 0 Å². The number of hydrogen-bond acceptors (Lipinski definition) is 7. The molecule has 2 atom stereocenters. The highest BCUT2D eigenvalue weighted by Crippen LogP contribution is 2.49. The van der Waals surface area contributed by atoms with Gasteiger partial charge in [-0.25, -0.2) is 20.0 Å². The predicted molar refractivity (Wildman–Crippen MR) is 101 cm³/mol. The van der Waals surface area contributed by atoms with E-state index in [0.29, 0.717) is 0 Å². The number of urea groups is 1. The second-order valence-corrected chi connectivity index (χ2v) is 6.40. The van der Waals surface area contributed by atoms with E-state index in [1.54, 1.807) is 18.2 Å². The fourth-order valence-corrected chi connectivity index (χ4v) is 3.14. The molecule has 2 amide bonds. The number of halogens is 3. The summed E-state index contributed by atoms with van der Waals surface area (Å²) in [6.07, 6.45) is -5.49. The molecule has 31 heavy (non-hydrogen) atoms. The molecule has 0 spiro atoms. The Morgan fingerprint density at radius 2 is 1.71 bits per heavy atom. The highest BCUT2D eigenvalue weighted by atomic mass is 19.4. The third kappa shape index (κ3) is 4.58. The summed E-state index contributed by atoms with van der Waals surface area (Å²) in [5.41, 5.74) is -3.18. The van der Waals surface area contributed by atoms with Crippen LogP contribution in [-0.4, -0.2) is 53.2 Å². The Bertz CT molecular complexity index is 874. The molecule has 3 N–H and O–H groups in total. The van der Waals surface area contributed by atoms with Gasteiger partial charge in [-0.15, -0.1) is 0 Å². The molecule has 9 nitrogen and oxygen atoms in total. The molecule has 170 valence electrons. The predicted octanol–water partition coefficient (Wildman–Crippen LogP) is 2.31. The van der Waals surface area contributed by atoms with E-state index in [2.05, 4.69) is 10.1 Å². The molecule has 1 heterocycles. The van der Waals surface area contributed by atoms with Gasteiger partial charge < -0.3 is 19.9 Å². The lowest BCUT2D eigenvalue weighted by molar-refractivity contribution is -0.322. The minimum Gasteiger partial charge on any atom is -0.465 e. The quantitative estimate of drug-likeness (QED) is 0.575. The van der Waals surface area contributed by atoms with Gasteiger partial charge in [-0.2, -0.15) is 13.2 Å². The standard InChI is InChI=1S/C19H22F3N3O6/c1-4-30-15(26)13-11(3)25(24-17(28)23-12-9-7-6-8-10-12)18(29,19(20,21)22)14(13)16(27)31-5-2/h6-10,14,29H,4-5H2,1-3H3,(H2,23,24,28). The van der Waals surface area contributed by atoms with Crippen LogP contribution in [-0.2, 0) is 19.1 Å². The van der Waals surface area contributed by atoms with Gasteiger partial charge in [0.1, 0.15) is 5.92 Å². The normalized spacial score (nSPS) is 21.0. The van der Waals surface area contributed by atoms with Crippen molar-refractivity contribution in [2.24, 2.45) is 5.92 Å². The number of hydrazine groups is 1. The second-order valence-electron chi connectivity index (χ2n) is 6.40. The van der Waals surface area contributed by atoms with Crippen LogP contribution < -0.4 is 10.7 Å². The molecule has 0 aromatic heterocycles. The fraction of sp³-hybridized carbons (Fsp3) is 0.421. The summed E-state index contributed by atoms with van der Waals surface area (Å²) in [5.74, 6) is -5.27. The summed E-state index contributed by atoms with van der Waals surface area (Å²) < 4.78 is 51.7. The molecular weight excluding hydrogens is 423 g/mol. The Labute approximate surface area is 175 Å². The van der Waals surface area contributed by atoms with Gasteiger partial charge in [-0.1, -0.05) is 18.2 Å². The van der Waals surface area contributed by atoms with Crippen LogP contribution in [0.1, 0.15) is 20.8 Å². The number of amides is 2. The number of ether oxygens (including phenoxy) is 2. The Morgan fingerprint density at radius 1 is 1.13 bits per heavy atom. The van der Waals surface area contributed by atoms with Gasteiger partial charge in [0, 0.05) is 11.4 Å². The van der Waals surface area contributed by atoms with Crippen LogP contribution in [0.5, 0.6) is 0 Å². The molecule has 12 heteroatoms. The first-order valence-electron chi connectivity index (χ1n) is 9.25. The molecule has 0 aliphatic carbocycles. The molecule has 1 aliphatic rings. The molecule has 0 radical (unpaired) electrons. The number of benzene rings is 1. The number of alkyl halides is 3. The molecule has 0 bridgehead atoms. The topological polar surface area (TPSA) is 117 Å². The molecular formula is C19H22F3N3O6. The number of carbonyl (C=O) groups is 3. The van der Waals surface area contributed by atoms with E-state index in [0.717, 1.165) is 6.92 Å². The minimum atomic E-state index is -5.49. The van der Waals surface area contributed by atoms with Gasteiger partial charge in [0.25, 0.3) is 5.72 Å². The number of nitrogens with zero attached hydrogens (tertiary/aromatic N) is 1. The van der Waals surface area contributed by atoms with Crippen LogP contribution in [0, 0.1) is 5.92 Å². The van der Waals surface area contributed by atoms with Gasteiger partial charge in [0.2, 0.25) is 0 Å². The van der Waals surface area contributed by atoms with Crippen molar-refractivity contribution in [1.29, 1.82) is 0 Å². The lowest BCUT2D eigenvalue weighted by Crippen LogP contribution is -2.66. The summed E-state index contributed by atoms with van der Waals surface area (Å²) in [6, 6.07) is 6.63. The summed E-state index contributed by atoms with van der Waals surface area (Å²) in [5, 5.41) is 13.0. The van der Waals surface area contributed by atoms with Gasteiger partial charge in [0.15, 0.2) is 0 Å². The number of para-hydroxylation sites is 1. The zero-order chi connectivity index (χ0) is 23.4. The van der Waals surface area contributed by atoms with E-state index in [1.165, 1.54) is 26.0 Å². The van der Waals surface area contributed by atoms with E-state index >= 15 is 0 Å². The van der Waals surface area contributed by atoms with Crippen molar-refractivity contribution in [2.75, 3.05) is 18.5 Å². The number of aliphatic hydroxyl groups is 1. The molecule has 1 aromatic carbocycles. The van der Waals surface area contributed by atoms with E-state index in [1.807, 2.05) is 5.43 Å². The van der Waals surface area contributed by atoms with Crippen molar-refractivity contribution in [3.05, 3.63) is 41.6 Å². The first kappa shape index (κ1) is 24.0. The van der Waals surface area contributed by atoms with Gasteiger partial charge >= 0.3 is 24.1 Å². The van der Waals surface area contributed by atoms with E-state index in [-0.39, 0.29) is 23.9 Å². The second kappa shape index (κ2) is 9.25. The van der Waals surface area contributed by atoms with Crippen molar-refractivity contribution in [2.45, 2.75) is 32.7 Å². The smallest absolute Gasteiger partial charge is 0.439 e. The highest BCUT2D eigenvalue weighted by Gasteiger charge is 2.71. The van der Waals surface area contributed by atoms with Gasteiger partial charge in [0.05, 0.1) is 18.8 Å². The number of esters is 2. The fourth-order valence-electron chi connectivity index (χ4n) is 3.14. The number of carbonyl (C=O) groups excluding carboxylic acids is 3. The maximum Gasteiger partial charge on any atom is 0.439 e. The van der Waals surface area contributed by atoms with Crippen molar-refractivity contribution in [1.82, 2.24) is 10.4 Å². The number of rotatable bonds is 6. The van der Waals surface area contributed by atoms with Crippen molar-refractivity contribution in [3.8, 4) is 0 Å². The molecule has 0 fully saturated rings. The monoisotopic (exact) mass is 445 g/mol. The first-order valence-corrected chi connectivity index (χ1v) is 9.25. The molecule has 0 saturated heterocycles. The average molecular weight is 445 g/mol. The van der Waals surface area contributed by atoms with Crippen molar-refractivity contribution in [3.63, 3.8) is 0 Å². The van der Waals surface area contributed by atoms with Crippen LogP contribution in [0.15, 0.2) is 41.6 Å². The lowest BCUT2D eigenvalue weighted by Gasteiger charge is -2.39. The van der Waals surface area contributed by atoms with E-state index < -0.39 is 47.1 Å². The molecule has 2 rings (SSSR count). The van der Waals surface area contributed by atoms with Crippen molar-refractivity contribution < 1.29 is 42.1 Å². The lowest BCUT2D eigenvalue weighted by atomic mass is 9.90. The summed E-state index contributed by atoms with van der Waals surface area (Å²) in [7, 11) is 0. The number of allylic oxidation sites excluding steroid dienone is 1. The third-order valence-corrected chi connectivity index (χ3v) is 4.44. The third-order valence-electron chi connectivity index (χ3n) is 4.44. The number of anilines is 1. The maximum atomic E-state index is 14.1. The highest BCUT2D eigenvalue weighted by molar-refractivity contribution is 5.98. The number of nitrogens with one attached hydrogen (secondary N) is 2. The first-order chi connectivity index (χ1) is 14.5. The Balaban J connectivity index is 2.52. The zero-order valence-corrected chi connectivity index (χ0v) is 16.9. The Morgan fingerprint density at radius 3 is 2.23 bits per heavy atom. The summed E-state index contributed by atoms with van der Waals surface area (Å²) >= 11 is 0. The van der Waals surface area contributed by atoms with Crippen LogP contribution >= 0.6 is 0 Å². The van der Waals surface area contributed by atoms with E-state index in [9.17, 15) is 32.7 Å². The summed E-state index contributed by atoms with van der Waals surface area (Å²) in [6.45, 7) is 3.30. The molecule has 0 saturated carbocycles. The summed E-state index contributed by atoms with van der Waals surface area (Å²) in [4.78, 5) is 37.1. The number of hydrogen-bond donors (Lipinski definition) is 3. The SMILES string of the molecule is CCOC(=O)C1=C(C)N(NC(=O)Nc2ccccc2)C(O)(C(F)(F)F)C1C(=O)OCC. The average Bonchev–Trinajstić information content (AvgIpc) is 2.91.